The van der Waals surface area contributed by atoms with Crippen LogP contribution in [0.2, 0.25) is 0 Å². The Morgan fingerprint density at radius 2 is 1.42 bits per heavy atom. The van der Waals surface area contributed by atoms with Gasteiger partial charge in [-0.05, 0) is 85.6 Å². The largest absolute Gasteiger partial charge is 0.491 e. The maximum Gasteiger partial charge on any atom is 0.343 e. The summed E-state index contributed by atoms with van der Waals surface area (Å²) in [4.78, 5) is 24.8. The highest BCUT2D eigenvalue weighted by Gasteiger charge is 2.16. The molecule has 1 atom stereocenters. The Bertz CT molecular complexity index is 1040. The van der Waals surface area contributed by atoms with Crippen LogP contribution in [0.1, 0.15) is 39.1 Å². The predicted molar refractivity (Wildman–Crippen MR) is 112 cm³/mol. The molecule has 0 amide bonds. The monoisotopic (exact) mass is 420 g/mol. The molecule has 4 rings (SSSR count). The van der Waals surface area contributed by atoms with Crippen molar-refractivity contribution in [1.82, 2.24) is 0 Å². The molecule has 0 saturated carbocycles. The van der Waals surface area contributed by atoms with Gasteiger partial charge in [0.25, 0.3) is 0 Å². The van der Waals surface area contributed by atoms with Gasteiger partial charge in [0.05, 0.1) is 11.7 Å². The van der Waals surface area contributed by atoms with Crippen molar-refractivity contribution in [3.05, 3.63) is 95.3 Å². The molecule has 1 fully saturated rings. The molecular weight excluding hydrogens is 399 g/mol. The van der Waals surface area contributed by atoms with Crippen LogP contribution in [0.15, 0.2) is 72.8 Å². The third-order valence-electron chi connectivity index (χ3n) is 4.98. The van der Waals surface area contributed by atoms with Crippen LogP contribution in [-0.4, -0.2) is 31.1 Å². The minimum Gasteiger partial charge on any atom is -0.491 e. The van der Waals surface area contributed by atoms with Crippen LogP contribution in [0.4, 0.5) is 4.39 Å². The van der Waals surface area contributed by atoms with E-state index in [9.17, 15) is 14.0 Å². The van der Waals surface area contributed by atoms with Crippen molar-refractivity contribution in [3.63, 3.8) is 0 Å². The highest BCUT2D eigenvalue weighted by Crippen LogP contribution is 2.20. The average Bonchev–Trinajstić information content (AvgIpc) is 3.32. The van der Waals surface area contributed by atoms with Gasteiger partial charge in [-0.3, -0.25) is 4.79 Å². The van der Waals surface area contributed by atoms with E-state index in [1.54, 1.807) is 48.5 Å². The number of esters is 1. The molecule has 1 aliphatic heterocycles. The number of hydrogen-bond acceptors (Lipinski definition) is 5. The molecule has 0 spiro atoms. The zero-order valence-electron chi connectivity index (χ0n) is 16.8. The molecule has 31 heavy (non-hydrogen) atoms. The third kappa shape index (κ3) is 5.35. The van der Waals surface area contributed by atoms with Crippen molar-refractivity contribution in [3.8, 4) is 11.5 Å². The lowest BCUT2D eigenvalue weighted by molar-refractivity contribution is 0.0678. The smallest absolute Gasteiger partial charge is 0.343 e. The first-order valence-electron chi connectivity index (χ1n) is 10.1. The lowest BCUT2D eigenvalue weighted by Crippen LogP contribution is -2.16. The van der Waals surface area contributed by atoms with E-state index in [1.165, 1.54) is 24.3 Å². The summed E-state index contributed by atoms with van der Waals surface area (Å²) in [5.74, 6) is -0.170. The van der Waals surface area contributed by atoms with E-state index in [1.807, 2.05) is 0 Å². The van der Waals surface area contributed by atoms with Crippen LogP contribution in [0.25, 0.3) is 0 Å². The fourth-order valence-electron chi connectivity index (χ4n) is 3.26. The number of carbonyl (C=O) groups is 2. The van der Waals surface area contributed by atoms with Crippen molar-refractivity contribution >= 4 is 11.8 Å². The molecule has 0 unspecified atom stereocenters. The van der Waals surface area contributed by atoms with E-state index in [2.05, 4.69) is 0 Å². The Balaban J connectivity index is 1.33. The van der Waals surface area contributed by atoms with E-state index < -0.39 is 11.8 Å². The van der Waals surface area contributed by atoms with E-state index in [0.717, 1.165) is 19.4 Å². The molecule has 3 aromatic rings. The molecule has 1 saturated heterocycles. The quantitative estimate of drug-likeness (QED) is 0.311. The molecule has 6 heteroatoms. The molecule has 0 aromatic heterocycles. The first-order chi connectivity index (χ1) is 15.1. The highest BCUT2D eigenvalue weighted by molar-refractivity contribution is 6.09. The fraction of sp³-hybridized carbons (Fsp3) is 0.200. The van der Waals surface area contributed by atoms with Gasteiger partial charge >= 0.3 is 5.97 Å². The minimum absolute atomic E-state index is 0.127. The summed E-state index contributed by atoms with van der Waals surface area (Å²) >= 11 is 0. The van der Waals surface area contributed by atoms with Gasteiger partial charge in [0, 0.05) is 17.7 Å². The zero-order valence-corrected chi connectivity index (χ0v) is 16.8. The van der Waals surface area contributed by atoms with E-state index in [4.69, 9.17) is 14.2 Å². The lowest BCUT2D eigenvalue weighted by Gasteiger charge is -2.11. The van der Waals surface area contributed by atoms with Crippen molar-refractivity contribution in [2.45, 2.75) is 18.9 Å². The molecule has 0 aliphatic carbocycles. The van der Waals surface area contributed by atoms with E-state index in [0.29, 0.717) is 34.8 Å². The SMILES string of the molecule is O=C(Oc1ccc(C(=O)c2ccc(F)cc2)cc1)c1ccc(OC[C@@H]2CCCO2)cc1. The molecule has 0 N–H and O–H groups in total. The van der Waals surface area contributed by atoms with Crippen LogP contribution in [0.3, 0.4) is 0 Å². The van der Waals surface area contributed by atoms with Gasteiger partial charge in [0.1, 0.15) is 23.9 Å². The number of ketones is 1. The number of rotatable bonds is 7. The van der Waals surface area contributed by atoms with Crippen molar-refractivity contribution in [2.75, 3.05) is 13.2 Å². The minimum atomic E-state index is -0.511. The van der Waals surface area contributed by atoms with Crippen LogP contribution >= 0.6 is 0 Å². The number of benzene rings is 3. The summed E-state index contributed by atoms with van der Waals surface area (Å²) in [6, 6.07) is 18.3. The number of hydrogen-bond donors (Lipinski definition) is 0. The molecule has 5 nitrogen and oxygen atoms in total. The topological polar surface area (TPSA) is 61.8 Å². The number of halogens is 1. The molecule has 0 radical (unpaired) electrons. The second kappa shape index (κ2) is 9.53. The van der Waals surface area contributed by atoms with Crippen LogP contribution in [0, 0.1) is 5.82 Å². The van der Waals surface area contributed by atoms with Crippen molar-refractivity contribution in [2.24, 2.45) is 0 Å². The summed E-state index contributed by atoms with van der Waals surface area (Å²) in [5, 5.41) is 0. The molecule has 158 valence electrons. The number of carbonyl (C=O) groups excluding carboxylic acids is 2. The maximum absolute atomic E-state index is 13.0. The van der Waals surface area contributed by atoms with Gasteiger partial charge < -0.3 is 14.2 Å². The normalized spacial score (nSPS) is 15.5. The Labute approximate surface area is 179 Å². The van der Waals surface area contributed by atoms with Gasteiger partial charge in [-0.2, -0.15) is 0 Å². The molecular formula is C25H21FO5. The average molecular weight is 420 g/mol. The van der Waals surface area contributed by atoms with Gasteiger partial charge in [-0.15, -0.1) is 0 Å². The van der Waals surface area contributed by atoms with Crippen LogP contribution in [0.5, 0.6) is 11.5 Å². The summed E-state index contributed by atoms with van der Waals surface area (Å²) in [5.41, 5.74) is 1.18. The van der Waals surface area contributed by atoms with Crippen molar-refractivity contribution in [1.29, 1.82) is 0 Å². The highest BCUT2D eigenvalue weighted by atomic mass is 19.1. The van der Waals surface area contributed by atoms with Gasteiger partial charge in [0.2, 0.25) is 0 Å². The molecule has 0 bridgehead atoms. The lowest BCUT2D eigenvalue weighted by atomic mass is 10.0. The molecule has 1 aliphatic rings. The number of ether oxygens (including phenoxy) is 3. The zero-order chi connectivity index (χ0) is 21.6. The Morgan fingerprint density at radius 3 is 2.03 bits per heavy atom. The van der Waals surface area contributed by atoms with E-state index in [-0.39, 0.29) is 11.9 Å². The van der Waals surface area contributed by atoms with Crippen molar-refractivity contribution < 1.29 is 28.2 Å². The maximum atomic E-state index is 13.0. The Hall–Kier alpha value is -3.51. The first-order valence-corrected chi connectivity index (χ1v) is 10.1. The predicted octanol–water partition coefficient (Wildman–Crippen LogP) is 4.83. The summed E-state index contributed by atoms with van der Waals surface area (Å²) < 4.78 is 29.6. The second-order valence-electron chi connectivity index (χ2n) is 7.22. The standard InChI is InChI=1S/C25H21FO5/c26-20-9-3-17(4-10-20)24(27)18-5-13-22(14-6-18)31-25(28)19-7-11-21(12-8-19)30-16-23-2-1-15-29-23/h3-14,23H,1-2,15-16H2/t23-/m0/s1. The summed E-state index contributed by atoms with van der Waals surface area (Å²) in [7, 11) is 0. The third-order valence-corrected chi connectivity index (χ3v) is 4.98. The van der Waals surface area contributed by atoms with Gasteiger partial charge in [-0.1, -0.05) is 0 Å². The first kappa shape index (κ1) is 20.8. The molecule has 3 aromatic carbocycles. The Morgan fingerprint density at radius 1 is 0.839 bits per heavy atom. The fourth-order valence-corrected chi connectivity index (χ4v) is 3.26. The second-order valence-corrected chi connectivity index (χ2v) is 7.22. The van der Waals surface area contributed by atoms with Crippen LogP contribution < -0.4 is 9.47 Å². The Kier molecular flexibility index (Phi) is 6.38. The van der Waals surface area contributed by atoms with E-state index >= 15 is 0 Å². The summed E-state index contributed by atoms with van der Waals surface area (Å²) in [6.45, 7) is 1.27. The summed E-state index contributed by atoms with van der Waals surface area (Å²) in [6.07, 6.45) is 2.18. The van der Waals surface area contributed by atoms with Gasteiger partial charge in [-0.25, -0.2) is 9.18 Å². The van der Waals surface area contributed by atoms with Crippen LogP contribution in [-0.2, 0) is 4.74 Å². The van der Waals surface area contributed by atoms with Gasteiger partial charge in [0.15, 0.2) is 5.78 Å². The molecule has 1 heterocycles.